The molecular weight excluding hydrogens is 477 g/mol. The largest absolute Gasteiger partial charge is 0.322 e. The van der Waals surface area contributed by atoms with Crippen LogP contribution in [-0.2, 0) is 6.54 Å². The van der Waals surface area contributed by atoms with E-state index in [1.807, 2.05) is 79.2 Å². The number of amides is 1. The number of nitrogens with one attached hydrogen (secondary N) is 1. The summed E-state index contributed by atoms with van der Waals surface area (Å²) in [5.74, 6) is 6.17. The van der Waals surface area contributed by atoms with E-state index in [9.17, 15) is 9.18 Å². The fourth-order valence-electron chi connectivity index (χ4n) is 4.53. The molecule has 0 bridgehead atoms. The van der Waals surface area contributed by atoms with E-state index in [4.69, 9.17) is 0 Å². The molecule has 1 aromatic heterocycles. The van der Waals surface area contributed by atoms with Crippen LogP contribution in [0.15, 0.2) is 67.0 Å². The molecule has 2 heterocycles. The number of hydrogen-bond acceptors (Lipinski definition) is 5. The lowest BCUT2D eigenvalue weighted by Crippen LogP contribution is -2.49. The number of aromatic nitrogens is 2. The summed E-state index contributed by atoms with van der Waals surface area (Å²) in [6.45, 7) is 6.50. The molecule has 7 heteroatoms. The standard InChI is InChI=1S/C31H30FN5O/c1-21-4-7-25(18-24(21)8-5-23-6-11-28-29(17-23)34-13-12-33-28)31(38)35-27-10-9-26(22(2)16-27)19-37-15-14-36(3)20-30(37)32/h4,6-7,9-13,16-18,30H,14-15,19-20H2,1-3H3,(H,35,38). The summed E-state index contributed by atoms with van der Waals surface area (Å²) >= 11 is 0. The van der Waals surface area contributed by atoms with E-state index < -0.39 is 6.30 Å². The number of anilines is 1. The van der Waals surface area contributed by atoms with Gasteiger partial charge in [-0.15, -0.1) is 0 Å². The Morgan fingerprint density at radius 3 is 2.58 bits per heavy atom. The van der Waals surface area contributed by atoms with E-state index in [-0.39, 0.29) is 5.91 Å². The molecule has 4 aromatic rings. The second-order valence-corrected chi connectivity index (χ2v) is 9.80. The van der Waals surface area contributed by atoms with Crippen LogP contribution in [0.4, 0.5) is 10.1 Å². The molecule has 6 nitrogen and oxygen atoms in total. The van der Waals surface area contributed by atoms with Crippen molar-refractivity contribution in [3.8, 4) is 11.8 Å². The van der Waals surface area contributed by atoms with Crippen molar-refractivity contribution in [3.05, 3.63) is 100 Å². The number of piperazine rings is 1. The van der Waals surface area contributed by atoms with Gasteiger partial charge in [0, 0.05) is 61.0 Å². The van der Waals surface area contributed by atoms with Gasteiger partial charge in [-0.3, -0.25) is 19.7 Å². The Hall–Kier alpha value is -4.12. The number of carbonyl (C=O) groups excluding carboxylic acids is 1. The second-order valence-electron chi connectivity index (χ2n) is 9.80. The van der Waals surface area contributed by atoms with Gasteiger partial charge < -0.3 is 10.2 Å². The van der Waals surface area contributed by atoms with Crippen LogP contribution in [-0.4, -0.2) is 58.7 Å². The Bertz CT molecular complexity index is 1560. The van der Waals surface area contributed by atoms with Crippen LogP contribution in [0, 0.1) is 25.7 Å². The molecule has 38 heavy (non-hydrogen) atoms. The third-order valence-corrected chi connectivity index (χ3v) is 6.91. The van der Waals surface area contributed by atoms with Crippen molar-refractivity contribution in [2.75, 3.05) is 32.0 Å². The average molecular weight is 508 g/mol. The van der Waals surface area contributed by atoms with Crippen molar-refractivity contribution in [3.63, 3.8) is 0 Å². The molecule has 3 aromatic carbocycles. The smallest absolute Gasteiger partial charge is 0.255 e. The minimum Gasteiger partial charge on any atom is -0.322 e. The number of likely N-dealkylation sites (N-methyl/N-ethyl adjacent to an activating group) is 1. The number of hydrogen-bond donors (Lipinski definition) is 1. The predicted octanol–water partition coefficient (Wildman–Crippen LogP) is 4.94. The number of carbonyl (C=O) groups is 1. The summed E-state index contributed by atoms with van der Waals surface area (Å²) in [6, 6.07) is 17.0. The zero-order chi connectivity index (χ0) is 26.6. The summed E-state index contributed by atoms with van der Waals surface area (Å²) in [6.07, 6.45) is 2.35. The van der Waals surface area contributed by atoms with E-state index in [2.05, 4.69) is 27.1 Å². The summed E-state index contributed by atoms with van der Waals surface area (Å²) in [7, 11) is 1.94. The van der Waals surface area contributed by atoms with Gasteiger partial charge in [0.25, 0.3) is 5.91 Å². The van der Waals surface area contributed by atoms with Crippen molar-refractivity contribution in [1.29, 1.82) is 0 Å². The molecule has 1 fully saturated rings. The molecular formula is C31H30FN5O. The molecule has 1 saturated heterocycles. The highest BCUT2D eigenvalue weighted by molar-refractivity contribution is 6.04. The van der Waals surface area contributed by atoms with Gasteiger partial charge in [-0.25, -0.2) is 4.39 Å². The summed E-state index contributed by atoms with van der Waals surface area (Å²) < 4.78 is 14.4. The van der Waals surface area contributed by atoms with Gasteiger partial charge in [-0.1, -0.05) is 24.0 Å². The number of alkyl halides is 1. The number of halogens is 1. The number of rotatable bonds is 4. The highest BCUT2D eigenvalue weighted by Crippen LogP contribution is 2.21. The van der Waals surface area contributed by atoms with E-state index in [0.29, 0.717) is 30.9 Å². The topological polar surface area (TPSA) is 61.4 Å². The van der Waals surface area contributed by atoms with Crippen LogP contribution in [0.2, 0.25) is 0 Å². The molecule has 1 aliphatic rings. The molecule has 5 rings (SSSR count). The van der Waals surface area contributed by atoms with Gasteiger partial charge in [-0.2, -0.15) is 0 Å². The molecule has 1 unspecified atom stereocenters. The quantitative estimate of drug-likeness (QED) is 0.313. The molecule has 0 spiro atoms. The Morgan fingerprint density at radius 2 is 1.79 bits per heavy atom. The summed E-state index contributed by atoms with van der Waals surface area (Å²) in [4.78, 5) is 25.5. The van der Waals surface area contributed by atoms with Crippen LogP contribution in [0.5, 0.6) is 0 Å². The summed E-state index contributed by atoms with van der Waals surface area (Å²) in [5, 5.41) is 2.99. The van der Waals surface area contributed by atoms with Gasteiger partial charge in [-0.05, 0) is 80.1 Å². The Balaban J connectivity index is 1.28. The number of nitrogens with zero attached hydrogens (tertiary/aromatic N) is 4. The molecule has 1 aliphatic heterocycles. The van der Waals surface area contributed by atoms with Crippen LogP contribution in [0.25, 0.3) is 11.0 Å². The Morgan fingerprint density at radius 1 is 0.974 bits per heavy atom. The van der Waals surface area contributed by atoms with E-state index in [1.54, 1.807) is 18.5 Å². The Kier molecular flexibility index (Phi) is 7.45. The van der Waals surface area contributed by atoms with Gasteiger partial charge in [0.05, 0.1) is 11.0 Å². The lowest BCUT2D eigenvalue weighted by Gasteiger charge is -2.35. The maximum Gasteiger partial charge on any atom is 0.255 e. The third-order valence-electron chi connectivity index (χ3n) is 6.91. The zero-order valence-electron chi connectivity index (χ0n) is 21.8. The second kappa shape index (κ2) is 11.1. The van der Waals surface area contributed by atoms with Gasteiger partial charge in [0.15, 0.2) is 6.30 Å². The third kappa shape index (κ3) is 5.88. The molecule has 0 saturated carbocycles. The van der Waals surface area contributed by atoms with Crippen LogP contribution < -0.4 is 5.32 Å². The van der Waals surface area contributed by atoms with Crippen LogP contribution >= 0.6 is 0 Å². The maximum atomic E-state index is 14.4. The maximum absolute atomic E-state index is 14.4. The zero-order valence-corrected chi connectivity index (χ0v) is 21.8. The molecule has 1 amide bonds. The fraction of sp³-hybridized carbons (Fsp3) is 0.258. The number of benzene rings is 3. The molecule has 192 valence electrons. The minimum absolute atomic E-state index is 0.205. The highest BCUT2D eigenvalue weighted by Gasteiger charge is 2.25. The first-order chi connectivity index (χ1) is 18.4. The predicted molar refractivity (Wildman–Crippen MR) is 149 cm³/mol. The van der Waals surface area contributed by atoms with Crippen molar-refractivity contribution in [2.45, 2.75) is 26.7 Å². The highest BCUT2D eigenvalue weighted by atomic mass is 19.1. The Labute approximate surface area is 222 Å². The number of aryl methyl sites for hydroxylation is 2. The number of fused-ring (bicyclic) bond motifs is 1. The lowest BCUT2D eigenvalue weighted by atomic mass is 10.0. The fourth-order valence-corrected chi connectivity index (χ4v) is 4.53. The van der Waals surface area contributed by atoms with Crippen molar-refractivity contribution >= 4 is 22.6 Å². The molecule has 0 aliphatic carbocycles. The van der Waals surface area contributed by atoms with Crippen LogP contribution in [0.1, 0.15) is 38.2 Å². The monoisotopic (exact) mass is 507 g/mol. The van der Waals surface area contributed by atoms with Crippen molar-refractivity contribution in [1.82, 2.24) is 19.8 Å². The van der Waals surface area contributed by atoms with Crippen LogP contribution in [0.3, 0.4) is 0 Å². The first-order valence-corrected chi connectivity index (χ1v) is 12.7. The molecule has 1 N–H and O–H groups in total. The van der Waals surface area contributed by atoms with Crippen molar-refractivity contribution in [2.24, 2.45) is 0 Å². The first kappa shape index (κ1) is 25.5. The van der Waals surface area contributed by atoms with Gasteiger partial charge in [0.1, 0.15) is 0 Å². The van der Waals surface area contributed by atoms with Gasteiger partial charge >= 0.3 is 0 Å². The normalized spacial score (nSPS) is 16.2. The summed E-state index contributed by atoms with van der Waals surface area (Å²) in [5.41, 5.74) is 7.54. The SMILES string of the molecule is Cc1ccc(C(=O)Nc2ccc(CN3CCN(C)CC3F)c(C)c2)cc1C#Cc1ccc2nccnc2c1. The lowest BCUT2D eigenvalue weighted by molar-refractivity contribution is 0.00403. The van der Waals surface area contributed by atoms with E-state index in [0.717, 1.165) is 45.4 Å². The van der Waals surface area contributed by atoms with E-state index >= 15 is 0 Å². The van der Waals surface area contributed by atoms with Crippen molar-refractivity contribution < 1.29 is 9.18 Å². The molecule has 1 atom stereocenters. The van der Waals surface area contributed by atoms with E-state index in [1.165, 1.54) is 0 Å². The van der Waals surface area contributed by atoms with Gasteiger partial charge in [0.2, 0.25) is 0 Å². The molecule has 0 radical (unpaired) electrons. The minimum atomic E-state index is -0.971. The first-order valence-electron chi connectivity index (χ1n) is 12.7. The average Bonchev–Trinajstić information content (AvgIpc) is 2.91.